The van der Waals surface area contributed by atoms with Crippen LogP contribution in [0.3, 0.4) is 0 Å². The van der Waals surface area contributed by atoms with E-state index in [0.29, 0.717) is 23.2 Å². The molecule has 0 aliphatic carbocycles. The summed E-state index contributed by atoms with van der Waals surface area (Å²) in [6.07, 6.45) is 3.92. The third-order valence-corrected chi connectivity index (χ3v) is 6.98. The van der Waals surface area contributed by atoms with E-state index in [9.17, 15) is 13.5 Å². The van der Waals surface area contributed by atoms with Crippen LogP contribution in [0.1, 0.15) is 25.7 Å². The minimum Gasteiger partial charge on any atom is -0.504 e. The normalized spacial score (nSPS) is 16.5. The monoisotopic (exact) mass is 471 g/mol. The van der Waals surface area contributed by atoms with E-state index in [2.05, 4.69) is 26.2 Å². The maximum absolute atomic E-state index is 12.8. The van der Waals surface area contributed by atoms with E-state index in [0.717, 1.165) is 25.7 Å². The maximum Gasteiger partial charge on any atom is 0.243 e. The molecule has 144 valence electrons. The molecule has 1 heterocycles. The molecule has 1 saturated heterocycles. The molecule has 2 aromatic carbocycles. The number of halogens is 2. The van der Waals surface area contributed by atoms with Gasteiger partial charge in [0.2, 0.25) is 10.0 Å². The van der Waals surface area contributed by atoms with E-state index >= 15 is 0 Å². The SMILES string of the molecule is O=S(=O)(c1ccc(N=Nc2cc(Br)cc(Cl)c2O)cc1)N1CCCCCC1. The summed E-state index contributed by atoms with van der Waals surface area (Å²) in [5, 5.41) is 18.1. The number of phenols is 1. The highest BCUT2D eigenvalue weighted by molar-refractivity contribution is 9.10. The average Bonchev–Trinajstić information content (AvgIpc) is 2.94. The van der Waals surface area contributed by atoms with Gasteiger partial charge in [-0.2, -0.15) is 9.42 Å². The Kier molecular flexibility index (Phi) is 6.52. The minimum atomic E-state index is -3.49. The number of hydrogen-bond donors (Lipinski definition) is 1. The molecule has 9 heteroatoms. The number of benzene rings is 2. The van der Waals surface area contributed by atoms with Crippen LogP contribution in [-0.2, 0) is 10.0 Å². The lowest BCUT2D eigenvalue weighted by atomic mass is 10.2. The van der Waals surface area contributed by atoms with Crippen molar-refractivity contribution in [2.75, 3.05) is 13.1 Å². The fraction of sp³-hybridized carbons (Fsp3) is 0.333. The van der Waals surface area contributed by atoms with E-state index in [1.165, 1.54) is 12.1 Å². The lowest BCUT2D eigenvalue weighted by molar-refractivity contribution is 0.424. The first-order chi connectivity index (χ1) is 12.9. The van der Waals surface area contributed by atoms with E-state index in [-0.39, 0.29) is 21.4 Å². The predicted molar refractivity (Wildman–Crippen MR) is 109 cm³/mol. The third-order valence-electron chi connectivity index (χ3n) is 4.32. The van der Waals surface area contributed by atoms with Gasteiger partial charge in [-0.15, -0.1) is 5.11 Å². The summed E-state index contributed by atoms with van der Waals surface area (Å²) in [5.41, 5.74) is 0.691. The molecule has 6 nitrogen and oxygen atoms in total. The Morgan fingerprint density at radius 1 is 1.00 bits per heavy atom. The quantitative estimate of drug-likeness (QED) is 0.572. The molecular formula is C18H19BrClN3O3S. The van der Waals surface area contributed by atoms with Crippen LogP contribution >= 0.6 is 27.5 Å². The van der Waals surface area contributed by atoms with Crippen molar-refractivity contribution in [2.24, 2.45) is 10.2 Å². The molecule has 0 spiro atoms. The van der Waals surface area contributed by atoms with Crippen LogP contribution in [0.25, 0.3) is 0 Å². The lowest BCUT2D eigenvalue weighted by Gasteiger charge is -2.19. The van der Waals surface area contributed by atoms with Crippen molar-refractivity contribution in [3.05, 3.63) is 45.9 Å². The Morgan fingerprint density at radius 3 is 2.26 bits per heavy atom. The summed E-state index contributed by atoms with van der Waals surface area (Å²) in [4.78, 5) is 0.247. The number of rotatable bonds is 4. The fourth-order valence-corrected chi connectivity index (χ4v) is 5.17. The van der Waals surface area contributed by atoms with Crippen molar-refractivity contribution < 1.29 is 13.5 Å². The first kappa shape index (κ1) is 20.3. The van der Waals surface area contributed by atoms with Gasteiger partial charge >= 0.3 is 0 Å². The highest BCUT2D eigenvalue weighted by Crippen LogP contribution is 2.38. The van der Waals surface area contributed by atoms with Gasteiger partial charge in [0.1, 0.15) is 5.69 Å². The zero-order valence-electron chi connectivity index (χ0n) is 14.5. The molecule has 2 aromatic rings. The van der Waals surface area contributed by atoms with Gasteiger partial charge in [0.15, 0.2) is 5.75 Å². The smallest absolute Gasteiger partial charge is 0.243 e. The Bertz CT molecular complexity index is 941. The van der Waals surface area contributed by atoms with Gasteiger partial charge in [0.05, 0.1) is 15.6 Å². The summed E-state index contributed by atoms with van der Waals surface area (Å²) in [5.74, 6) is -0.163. The Hall–Kier alpha value is -1.48. The second kappa shape index (κ2) is 8.68. The Morgan fingerprint density at radius 2 is 1.63 bits per heavy atom. The summed E-state index contributed by atoms with van der Waals surface area (Å²) in [7, 11) is -3.49. The Balaban J connectivity index is 1.79. The van der Waals surface area contributed by atoms with Gasteiger partial charge < -0.3 is 5.11 Å². The van der Waals surface area contributed by atoms with Crippen LogP contribution in [-0.4, -0.2) is 30.9 Å². The summed E-state index contributed by atoms with van der Waals surface area (Å²) in [6.45, 7) is 1.12. The maximum atomic E-state index is 12.8. The predicted octanol–water partition coefficient (Wildman–Crippen LogP) is 5.79. The molecule has 3 rings (SSSR count). The molecule has 0 amide bonds. The molecule has 0 saturated carbocycles. The second-order valence-electron chi connectivity index (χ2n) is 6.27. The first-order valence-corrected chi connectivity index (χ1v) is 11.2. The van der Waals surface area contributed by atoms with Crippen molar-refractivity contribution in [2.45, 2.75) is 30.6 Å². The fourth-order valence-electron chi connectivity index (χ4n) is 2.86. The van der Waals surface area contributed by atoms with Crippen LogP contribution in [0.4, 0.5) is 11.4 Å². The molecule has 0 atom stereocenters. The van der Waals surface area contributed by atoms with Crippen LogP contribution in [0.2, 0.25) is 5.02 Å². The minimum absolute atomic E-state index is 0.163. The summed E-state index contributed by atoms with van der Waals surface area (Å²) >= 11 is 9.18. The highest BCUT2D eigenvalue weighted by atomic mass is 79.9. The van der Waals surface area contributed by atoms with Crippen molar-refractivity contribution in [3.8, 4) is 5.75 Å². The lowest BCUT2D eigenvalue weighted by Crippen LogP contribution is -2.31. The van der Waals surface area contributed by atoms with Crippen molar-refractivity contribution in [3.63, 3.8) is 0 Å². The van der Waals surface area contributed by atoms with Gasteiger partial charge in [-0.05, 0) is 49.2 Å². The van der Waals surface area contributed by atoms with Gasteiger partial charge in [-0.25, -0.2) is 8.42 Å². The molecule has 1 aliphatic heterocycles. The van der Waals surface area contributed by atoms with Crippen LogP contribution < -0.4 is 0 Å². The summed E-state index contributed by atoms with van der Waals surface area (Å²) < 4.78 is 27.8. The van der Waals surface area contributed by atoms with Gasteiger partial charge in [-0.3, -0.25) is 0 Å². The van der Waals surface area contributed by atoms with Gasteiger partial charge in [0.25, 0.3) is 0 Å². The zero-order valence-corrected chi connectivity index (χ0v) is 17.6. The number of phenolic OH excluding ortho intramolecular Hbond substituents is 1. The molecule has 1 aliphatic rings. The third kappa shape index (κ3) is 4.87. The second-order valence-corrected chi connectivity index (χ2v) is 9.53. The van der Waals surface area contributed by atoms with Gasteiger partial charge in [-0.1, -0.05) is 40.4 Å². The van der Waals surface area contributed by atoms with Crippen molar-refractivity contribution in [1.29, 1.82) is 0 Å². The molecule has 1 fully saturated rings. The molecule has 0 unspecified atom stereocenters. The molecule has 0 aromatic heterocycles. The topological polar surface area (TPSA) is 82.3 Å². The zero-order chi connectivity index (χ0) is 19.4. The highest BCUT2D eigenvalue weighted by Gasteiger charge is 2.24. The number of aromatic hydroxyl groups is 1. The average molecular weight is 473 g/mol. The van der Waals surface area contributed by atoms with E-state index in [1.54, 1.807) is 28.6 Å². The molecular weight excluding hydrogens is 454 g/mol. The molecule has 0 bridgehead atoms. The Labute approximate surface area is 172 Å². The van der Waals surface area contributed by atoms with Crippen LogP contribution in [0, 0.1) is 0 Å². The van der Waals surface area contributed by atoms with Crippen molar-refractivity contribution >= 4 is 48.9 Å². The number of nitrogens with zero attached hydrogens (tertiary/aromatic N) is 3. The largest absolute Gasteiger partial charge is 0.504 e. The van der Waals surface area contributed by atoms with E-state index in [4.69, 9.17) is 11.6 Å². The van der Waals surface area contributed by atoms with Gasteiger partial charge in [0, 0.05) is 17.6 Å². The van der Waals surface area contributed by atoms with Crippen LogP contribution in [0.5, 0.6) is 5.75 Å². The molecule has 1 N–H and O–H groups in total. The molecule has 27 heavy (non-hydrogen) atoms. The van der Waals surface area contributed by atoms with E-state index in [1.807, 2.05) is 0 Å². The molecule has 0 radical (unpaired) electrons. The van der Waals surface area contributed by atoms with Crippen LogP contribution in [0.15, 0.2) is 56.0 Å². The number of azo groups is 1. The van der Waals surface area contributed by atoms with Crippen molar-refractivity contribution in [1.82, 2.24) is 4.31 Å². The first-order valence-electron chi connectivity index (χ1n) is 8.58. The standard InChI is InChI=1S/C18H19BrClN3O3S/c19-13-11-16(20)18(24)17(12-13)22-21-14-5-7-15(8-6-14)27(25,26)23-9-3-1-2-4-10-23/h5-8,11-12,24H,1-4,9-10H2. The number of hydrogen-bond acceptors (Lipinski definition) is 5. The number of sulfonamides is 1. The summed E-state index contributed by atoms with van der Waals surface area (Å²) in [6, 6.07) is 9.38. The van der Waals surface area contributed by atoms with E-state index < -0.39 is 10.0 Å².